The highest BCUT2D eigenvalue weighted by Gasteiger charge is 2.16. The Kier molecular flexibility index (Phi) is 4.98. The second-order valence-corrected chi connectivity index (χ2v) is 5.24. The Morgan fingerprint density at radius 2 is 1.95 bits per heavy atom. The minimum Gasteiger partial charge on any atom is -0.494 e. The van der Waals surface area contributed by atoms with Crippen molar-refractivity contribution in [1.82, 2.24) is 0 Å². The zero-order valence-electron chi connectivity index (χ0n) is 10.8. The average Bonchev–Trinajstić information content (AvgIpc) is 2.45. The maximum atomic E-state index is 14.0. The standard InChI is InChI=1S/C15H14F2O2S/c1-19-14-7-3-6-12(15(14)17)13(18)9-20-11-5-2-4-10(16)8-11/h2-8,13,18H,9H2,1H3. The van der Waals surface area contributed by atoms with Crippen molar-refractivity contribution in [2.24, 2.45) is 0 Å². The molecule has 0 saturated heterocycles. The van der Waals surface area contributed by atoms with Crippen LogP contribution in [0.3, 0.4) is 0 Å². The third-order valence-electron chi connectivity index (χ3n) is 2.78. The van der Waals surface area contributed by atoms with Crippen molar-refractivity contribution in [1.29, 1.82) is 0 Å². The van der Waals surface area contributed by atoms with Gasteiger partial charge in [0.05, 0.1) is 13.2 Å². The molecule has 0 saturated carbocycles. The minimum atomic E-state index is -0.988. The molecule has 0 aliphatic heterocycles. The van der Waals surface area contributed by atoms with E-state index >= 15 is 0 Å². The number of hydrogen-bond donors (Lipinski definition) is 1. The van der Waals surface area contributed by atoms with Crippen LogP contribution in [0.15, 0.2) is 47.4 Å². The highest BCUT2D eigenvalue weighted by atomic mass is 32.2. The molecule has 2 nitrogen and oxygen atoms in total. The van der Waals surface area contributed by atoms with Crippen LogP contribution >= 0.6 is 11.8 Å². The molecule has 0 radical (unpaired) electrons. The van der Waals surface area contributed by atoms with Gasteiger partial charge in [0, 0.05) is 16.2 Å². The summed E-state index contributed by atoms with van der Waals surface area (Å²) < 4.78 is 31.9. The second-order valence-electron chi connectivity index (χ2n) is 4.15. The van der Waals surface area contributed by atoms with Crippen LogP contribution in [-0.4, -0.2) is 18.0 Å². The van der Waals surface area contributed by atoms with Gasteiger partial charge in [0.15, 0.2) is 11.6 Å². The number of rotatable bonds is 5. The number of halogens is 2. The summed E-state index contributed by atoms with van der Waals surface area (Å²) >= 11 is 1.26. The third kappa shape index (κ3) is 3.49. The summed E-state index contributed by atoms with van der Waals surface area (Å²) in [6, 6.07) is 10.7. The monoisotopic (exact) mass is 296 g/mol. The first kappa shape index (κ1) is 14.8. The zero-order chi connectivity index (χ0) is 14.5. The van der Waals surface area contributed by atoms with Gasteiger partial charge < -0.3 is 9.84 Å². The predicted octanol–water partition coefficient (Wildman–Crippen LogP) is 3.80. The van der Waals surface area contributed by atoms with Crippen LogP contribution in [0, 0.1) is 11.6 Å². The molecular formula is C15H14F2O2S. The number of thioether (sulfide) groups is 1. The summed E-state index contributed by atoms with van der Waals surface area (Å²) in [5.41, 5.74) is 0.174. The van der Waals surface area contributed by atoms with Crippen molar-refractivity contribution in [3.8, 4) is 5.75 Å². The van der Waals surface area contributed by atoms with Gasteiger partial charge in [0.1, 0.15) is 5.82 Å². The maximum absolute atomic E-state index is 14.0. The van der Waals surface area contributed by atoms with E-state index in [0.717, 1.165) is 0 Å². The largest absolute Gasteiger partial charge is 0.494 e. The van der Waals surface area contributed by atoms with Crippen LogP contribution < -0.4 is 4.74 Å². The van der Waals surface area contributed by atoms with Gasteiger partial charge in [-0.25, -0.2) is 8.78 Å². The molecule has 2 rings (SSSR count). The molecule has 0 heterocycles. The van der Waals surface area contributed by atoms with Crippen molar-refractivity contribution in [3.05, 3.63) is 59.7 Å². The van der Waals surface area contributed by atoms with Gasteiger partial charge in [-0.1, -0.05) is 18.2 Å². The van der Waals surface area contributed by atoms with Gasteiger partial charge >= 0.3 is 0 Å². The van der Waals surface area contributed by atoms with E-state index in [1.54, 1.807) is 18.2 Å². The topological polar surface area (TPSA) is 29.5 Å². The van der Waals surface area contributed by atoms with Gasteiger partial charge in [-0.3, -0.25) is 0 Å². The lowest BCUT2D eigenvalue weighted by Crippen LogP contribution is -2.04. The first-order valence-corrected chi connectivity index (χ1v) is 6.99. The van der Waals surface area contributed by atoms with Crippen LogP contribution in [0.1, 0.15) is 11.7 Å². The minimum absolute atomic E-state index is 0.0947. The molecule has 2 aromatic rings. The molecule has 0 aliphatic carbocycles. The number of benzene rings is 2. The fourth-order valence-corrected chi connectivity index (χ4v) is 2.67. The molecule has 5 heteroatoms. The van der Waals surface area contributed by atoms with Crippen LogP contribution in [0.2, 0.25) is 0 Å². The number of hydrogen-bond acceptors (Lipinski definition) is 3. The average molecular weight is 296 g/mol. The molecule has 0 bridgehead atoms. The predicted molar refractivity (Wildman–Crippen MR) is 75.0 cm³/mol. The summed E-state index contributed by atoms with van der Waals surface area (Å²) in [6.45, 7) is 0. The fraction of sp³-hybridized carbons (Fsp3) is 0.200. The van der Waals surface area contributed by atoms with E-state index in [4.69, 9.17) is 4.74 Å². The van der Waals surface area contributed by atoms with E-state index in [1.165, 1.54) is 43.1 Å². The Balaban J connectivity index is 2.07. The van der Waals surface area contributed by atoms with Crippen LogP contribution in [-0.2, 0) is 0 Å². The molecule has 2 aromatic carbocycles. The lowest BCUT2D eigenvalue weighted by Gasteiger charge is -2.13. The van der Waals surface area contributed by atoms with Crippen molar-refractivity contribution in [3.63, 3.8) is 0 Å². The molecule has 0 spiro atoms. The highest BCUT2D eigenvalue weighted by Crippen LogP contribution is 2.29. The van der Waals surface area contributed by atoms with E-state index in [1.807, 2.05) is 0 Å². The first-order chi connectivity index (χ1) is 9.61. The van der Waals surface area contributed by atoms with E-state index in [-0.39, 0.29) is 22.9 Å². The lowest BCUT2D eigenvalue weighted by molar-refractivity contribution is 0.197. The van der Waals surface area contributed by atoms with Crippen LogP contribution in [0.5, 0.6) is 5.75 Å². The molecule has 106 valence electrons. The molecule has 1 atom stereocenters. The number of ether oxygens (including phenoxy) is 1. The Hall–Kier alpha value is -1.59. The Morgan fingerprint density at radius 3 is 2.65 bits per heavy atom. The van der Waals surface area contributed by atoms with Gasteiger partial charge in [-0.15, -0.1) is 11.8 Å². The summed E-state index contributed by atoms with van der Waals surface area (Å²) in [5, 5.41) is 10.0. The summed E-state index contributed by atoms with van der Waals surface area (Å²) in [5.74, 6) is -0.579. The van der Waals surface area contributed by atoms with Gasteiger partial charge in [0.2, 0.25) is 0 Å². The summed E-state index contributed by atoms with van der Waals surface area (Å²) in [4.78, 5) is 0.687. The van der Waals surface area contributed by atoms with E-state index < -0.39 is 11.9 Å². The zero-order valence-corrected chi connectivity index (χ0v) is 11.7. The van der Waals surface area contributed by atoms with Crippen LogP contribution in [0.4, 0.5) is 8.78 Å². The normalized spacial score (nSPS) is 12.2. The summed E-state index contributed by atoms with van der Waals surface area (Å²) in [7, 11) is 1.37. The van der Waals surface area contributed by atoms with E-state index in [0.29, 0.717) is 4.90 Å². The van der Waals surface area contributed by atoms with E-state index in [2.05, 4.69) is 0 Å². The third-order valence-corrected chi connectivity index (χ3v) is 3.85. The molecule has 0 amide bonds. The molecule has 0 fully saturated rings. The van der Waals surface area contributed by atoms with Crippen molar-refractivity contribution < 1.29 is 18.6 Å². The van der Waals surface area contributed by atoms with Crippen molar-refractivity contribution in [2.45, 2.75) is 11.0 Å². The molecule has 20 heavy (non-hydrogen) atoms. The highest BCUT2D eigenvalue weighted by molar-refractivity contribution is 7.99. The van der Waals surface area contributed by atoms with Gasteiger partial charge in [-0.05, 0) is 24.3 Å². The van der Waals surface area contributed by atoms with Crippen molar-refractivity contribution in [2.75, 3.05) is 12.9 Å². The smallest absolute Gasteiger partial charge is 0.170 e. The molecule has 0 aliphatic rings. The van der Waals surface area contributed by atoms with Gasteiger partial charge in [0.25, 0.3) is 0 Å². The first-order valence-electron chi connectivity index (χ1n) is 6.00. The van der Waals surface area contributed by atoms with Gasteiger partial charge in [-0.2, -0.15) is 0 Å². The molecule has 1 N–H and O–H groups in total. The number of methoxy groups -OCH3 is 1. The quantitative estimate of drug-likeness (QED) is 0.851. The fourth-order valence-electron chi connectivity index (χ4n) is 1.76. The lowest BCUT2D eigenvalue weighted by atomic mass is 10.1. The SMILES string of the molecule is COc1cccc(C(O)CSc2cccc(F)c2)c1F. The Bertz CT molecular complexity index is 590. The number of aliphatic hydroxyl groups is 1. The summed E-state index contributed by atoms with van der Waals surface area (Å²) in [6.07, 6.45) is -0.988. The number of aliphatic hydroxyl groups excluding tert-OH is 1. The molecule has 1 unspecified atom stereocenters. The molecular weight excluding hydrogens is 282 g/mol. The molecule has 0 aromatic heterocycles. The maximum Gasteiger partial charge on any atom is 0.170 e. The van der Waals surface area contributed by atoms with E-state index in [9.17, 15) is 13.9 Å². The van der Waals surface area contributed by atoms with Crippen molar-refractivity contribution >= 4 is 11.8 Å². The van der Waals surface area contributed by atoms with Crippen LogP contribution in [0.25, 0.3) is 0 Å². The second kappa shape index (κ2) is 6.72. The Labute approximate surface area is 120 Å². The Morgan fingerprint density at radius 1 is 1.20 bits per heavy atom.